The molecule has 2 rings (SSSR count). The first-order valence-electron chi connectivity index (χ1n) is 7.18. The summed E-state index contributed by atoms with van der Waals surface area (Å²) < 4.78 is 8.32. The molecule has 0 saturated carbocycles. The number of nitrogens with one attached hydrogen (secondary N) is 1. The highest BCUT2D eigenvalue weighted by Crippen LogP contribution is 2.31. The minimum absolute atomic E-state index is 0.0974. The molecule has 1 heterocycles. The maximum absolute atomic E-state index is 5.24. The second-order valence-electron chi connectivity index (χ2n) is 5.18. The molecule has 0 spiro atoms. The quantitative estimate of drug-likeness (QED) is 0.856. The number of aromatic nitrogens is 2. The summed E-state index contributed by atoms with van der Waals surface area (Å²) in [5.41, 5.74) is 2.35. The summed E-state index contributed by atoms with van der Waals surface area (Å²) in [5.74, 6) is 0.866. The standard InChI is InChI=1S/C16H22BrN3O/c1-5-18-15(12-6-8-13(21-4)9-7-12)16-14(17)10-19-20(16)11(2)3/h6-11,15,18H,5H2,1-4H3. The molecular formula is C16H22BrN3O. The van der Waals surface area contributed by atoms with Gasteiger partial charge in [0.2, 0.25) is 0 Å². The molecule has 0 aliphatic rings. The number of halogens is 1. The van der Waals surface area contributed by atoms with Crippen LogP contribution in [0.25, 0.3) is 0 Å². The van der Waals surface area contributed by atoms with Crippen molar-refractivity contribution in [2.45, 2.75) is 32.9 Å². The van der Waals surface area contributed by atoms with Gasteiger partial charge < -0.3 is 10.1 Å². The molecule has 1 aromatic carbocycles. The van der Waals surface area contributed by atoms with Gasteiger partial charge in [-0.15, -0.1) is 0 Å². The van der Waals surface area contributed by atoms with Crippen molar-refractivity contribution in [1.29, 1.82) is 0 Å². The molecule has 1 unspecified atom stereocenters. The van der Waals surface area contributed by atoms with Gasteiger partial charge in [-0.1, -0.05) is 19.1 Å². The molecule has 114 valence electrons. The number of hydrogen-bond acceptors (Lipinski definition) is 3. The van der Waals surface area contributed by atoms with E-state index in [0.717, 1.165) is 22.5 Å². The lowest BCUT2D eigenvalue weighted by molar-refractivity contribution is 0.414. The van der Waals surface area contributed by atoms with Gasteiger partial charge in [0, 0.05) is 6.04 Å². The summed E-state index contributed by atoms with van der Waals surface area (Å²) in [6, 6.07) is 8.57. The lowest BCUT2D eigenvalue weighted by Gasteiger charge is -2.22. The molecule has 0 radical (unpaired) electrons. The minimum atomic E-state index is 0.0974. The predicted octanol–water partition coefficient (Wildman–Crippen LogP) is 3.93. The number of rotatable bonds is 6. The van der Waals surface area contributed by atoms with Crippen LogP contribution in [0.4, 0.5) is 0 Å². The van der Waals surface area contributed by atoms with E-state index in [-0.39, 0.29) is 6.04 Å². The molecule has 1 atom stereocenters. The molecule has 1 N–H and O–H groups in total. The first kappa shape index (κ1) is 16.0. The van der Waals surface area contributed by atoms with Crippen molar-refractivity contribution in [1.82, 2.24) is 15.1 Å². The Hall–Kier alpha value is -1.33. The van der Waals surface area contributed by atoms with E-state index in [1.54, 1.807) is 7.11 Å². The maximum atomic E-state index is 5.24. The van der Waals surface area contributed by atoms with Crippen molar-refractivity contribution in [3.8, 4) is 5.75 Å². The van der Waals surface area contributed by atoms with E-state index < -0.39 is 0 Å². The summed E-state index contributed by atoms with van der Waals surface area (Å²) in [6.45, 7) is 7.27. The first-order chi connectivity index (χ1) is 10.1. The molecule has 2 aromatic rings. The molecule has 0 amide bonds. The van der Waals surface area contributed by atoms with Crippen LogP contribution >= 0.6 is 15.9 Å². The Bertz CT molecular complexity index is 578. The number of ether oxygens (including phenoxy) is 1. The Morgan fingerprint density at radius 2 is 1.95 bits per heavy atom. The molecule has 0 bridgehead atoms. The second-order valence-corrected chi connectivity index (χ2v) is 6.03. The van der Waals surface area contributed by atoms with Gasteiger partial charge in [-0.25, -0.2) is 0 Å². The molecule has 0 fully saturated rings. The zero-order chi connectivity index (χ0) is 15.4. The van der Waals surface area contributed by atoms with Crippen LogP contribution in [-0.4, -0.2) is 23.4 Å². The Labute approximate surface area is 134 Å². The highest BCUT2D eigenvalue weighted by Gasteiger charge is 2.22. The number of benzene rings is 1. The summed E-state index contributed by atoms with van der Waals surface area (Å²) in [4.78, 5) is 0. The fourth-order valence-electron chi connectivity index (χ4n) is 2.41. The molecule has 0 saturated heterocycles. The van der Waals surface area contributed by atoms with Crippen LogP contribution in [0.2, 0.25) is 0 Å². The van der Waals surface area contributed by atoms with Gasteiger partial charge in [0.1, 0.15) is 5.75 Å². The van der Waals surface area contributed by atoms with Crippen LogP contribution < -0.4 is 10.1 Å². The lowest BCUT2D eigenvalue weighted by Crippen LogP contribution is -2.25. The number of methoxy groups -OCH3 is 1. The third-order valence-corrected chi connectivity index (χ3v) is 4.02. The molecule has 5 heteroatoms. The normalized spacial score (nSPS) is 12.7. The van der Waals surface area contributed by atoms with Gasteiger partial charge >= 0.3 is 0 Å². The Morgan fingerprint density at radius 1 is 1.29 bits per heavy atom. The van der Waals surface area contributed by atoms with E-state index in [4.69, 9.17) is 4.74 Å². The molecule has 1 aromatic heterocycles. The first-order valence-corrected chi connectivity index (χ1v) is 7.98. The SMILES string of the molecule is CCNC(c1ccc(OC)cc1)c1c(Br)cnn1C(C)C. The monoisotopic (exact) mass is 351 g/mol. The van der Waals surface area contributed by atoms with Crippen molar-refractivity contribution in [2.75, 3.05) is 13.7 Å². The van der Waals surface area contributed by atoms with E-state index >= 15 is 0 Å². The van der Waals surface area contributed by atoms with Crippen LogP contribution in [0.3, 0.4) is 0 Å². The van der Waals surface area contributed by atoms with E-state index in [2.05, 4.69) is 63.9 Å². The van der Waals surface area contributed by atoms with E-state index in [1.165, 1.54) is 5.56 Å². The van der Waals surface area contributed by atoms with Gasteiger partial charge in [0.05, 0.1) is 29.5 Å². The molecule has 4 nitrogen and oxygen atoms in total. The van der Waals surface area contributed by atoms with Crippen LogP contribution in [0, 0.1) is 0 Å². The molecule has 0 aliphatic carbocycles. The summed E-state index contributed by atoms with van der Waals surface area (Å²) in [5, 5.41) is 8.03. The average Bonchev–Trinajstić information content (AvgIpc) is 2.87. The Morgan fingerprint density at radius 3 is 2.48 bits per heavy atom. The van der Waals surface area contributed by atoms with Crippen molar-refractivity contribution < 1.29 is 4.74 Å². The van der Waals surface area contributed by atoms with Crippen molar-refractivity contribution in [3.05, 3.63) is 46.2 Å². The number of hydrogen-bond donors (Lipinski definition) is 1. The summed E-state index contributed by atoms with van der Waals surface area (Å²) >= 11 is 3.63. The third kappa shape index (κ3) is 3.47. The van der Waals surface area contributed by atoms with Gasteiger partial charge in [-0.2, -0.15) is 5.10 Å². The van der Waals surface area contributed by atoms with E-state index in [0.29, 0.717) is 6.04 Å². The Kier molecular flexibility index (Phi) is 5.42. The van der Waals surface area contributed by atoms with Crippen LogP contribution in [0.15, 0.2) is 34.9 Å². The second kappa shape index (κ2) is 7.09. The average molecular weight is 352 g/mol. The predicted molar refractivity (Wildman–Crippen MR) is 88.8 cm³/mol. The minimum Gasteiger partial charge on any atom is -0.497 e. The lowest BCUT2D eigenvalue weighted by atomic mass is 10.0. The Balaban J connectivity index is 2.45. The van der Waals surface area contributed by atoms with Crippen LogP contribution in [0.1, 0.15) is 44.1 Å². The van der Waals surface area contributed by atoms with Gasteiger partial charge in [-0.3, -0.25) is 4.68 Å². The fourth-order valence-corrected chi connectivity index (χ4v) is 2.91. The molecule has 21 heavy (non-hydrogen) atoms. The number of nitrogens with zero attached hydrogens (tertiary/aromatic N) is 2. The smallest absolute Gasteiger partial charge is 0.118 e. The topological polar surface area (TPSA) is 39.1 Å². The van der Waals surface area contributed by atoms with Gasteiger partial charge in [0.15, 0.2) is 0 Å². The van der Waals surface area contributed by atoms with Crippen LogP contribution in [-0.2, 0) is 0 Å². The van der Waals surface area contributed by atoms with Gasteiger partial charge in [0.25, 0.3) is 0 Å². The maximum Gasteiger partial charge on any atom is 0.118 e. The van der Waals surface area contributed by atoms with Crippen LogP contribution in [0.5, 0.6) is 5.75 Å². The van der Waals surface area contributed by atoms with Crippen molar-refractivity contribution in [3.63, 3.8) is 0 Å². The molecule has 0 aliphatic heterocycles. The summed E-state index contributed by atoms with van der Waals surface area (Å²) in [7, 11) is 1.68. The van der Waals surface area contributed by atoms with Gasteiger partial charge in [-0.05, 0) is 54.0 Å². The van der Waals surface area contributed by atoms with Crippen molar-refractivity contribution in [2.24, 2.45) is 0 Å². The zero-order valence-electron chi connectivity index (χ0n) is 12.9. The largest absolute Gasteiger partial charge is 0.497 e. The fraction of sp³-hybridized carbons (Fsp3) is 0.438. The van der Waals surface area contributed by atoms with Crippen molar-refractivity contribution >= 4 is 15.9 Å². The molecular weight excluding hydrogens is 330 g/mol. The highest BCUT2D eigenvalue weighted by atomic mass is 79.9. The van der Waals surface area contributed by atoms with E-state index in [9.17, 15) is 0 Å². The summed E-state index contributed by atoms with van der Waals surface area (Å²) in [6.07, 6.45) is 1.86. The zero-order valence-corrected chi connectivity index (χ0v) is 14.5. The highest BCUT2D eigenvalue weighted by molar-refractivity contribution is 9.10. The third-order valence-electron chi connectivity index (χ3n) is 3.41. The van der Waals surface area contributed by atoms with E-state index in [1.807, 2.05) is 18.3 Å².